The second-order valence-corrected chi connectivity index (χ2v) is 7.87. The number of aromatic nitrogens is 1. The highest BCUT2D eigenvalue weighted by Crippen LogP contribution is 2.55. The summed E-state index contributed by atoms with van der Waals surface area (Å²) in [6.45, 7) is 2.75. The standard InChI is InChI=1S/C19H18ClF2N3O2/c1-17(2)9-18(19(21,22)10-25-16(23)27-18)14-6-11(3-4-15(14)26-17)12-5-13(20)8-24-7-12/h3-8H,9-10H2,1-2H3,(H2,23,25)/t18-/m1/s1. The lowest BCUT2D eigenvalue weighted by atomic mass is 9.75. The Morgan fingerprint density at radius 3 is 2.63 bits per heavy atom. The maximum Gasteiger partial charge on any atom is 0.310 e. The lowest BCUT2D eigenvalue weighted by Crippen LogP contribution is -2.60. The molecule has 8 heteroatoms. The van der Waals surface area contributed by atoms with Crippen LogP contribution in [0.15, 0.2) is 41.7 Å². The van der Waals surface area contributed by atoms with E-state index in [0.717, 1.165) is 0 Å². The van der Waals surface area contributed by atoms with Gasteiger partial charge in [0.1, 0.15) is 17.9 Å². The Morgan fingerprint density at radius 2 is 1.89 bits per heavy atom. The predicted octanol–water partition coefficient (Wildman–Crippen LogP) is 4.14. The third-order valence-electron chi connectivity index (χ3n) is 4.82. The Bertz CT molecular complexity index is 948. The second kappa shape index (κ2) is 5.79. The summed E-state index contributed by atoms with van der Waals surface area (Å²) in [5.74, 6) is -2.92. The molecule has 1 spiro atoms. The lowest BCUT2D eigenvalue weighted by molar-refractivity contribution is -0.211. The minimum atomic E-state index is -3.25. The number of nitrogens with two attached hydrogens (primary N) is 1. The summed E-state index contributed by atoms with van der Waals surface area (Å²) in [6, 6.07) is 6.53. The van der Waals surface area contributed by atoms with Crippen LogP contribution in [0.25, 0.3) is 11.1 Å². The Morgan fingerprint density at radius 1 is 1.11 bits per heavy atom. The van der Waals surface area contributed by atoms with Gasteiger partial charge in [-0.2, -0.15) is 8.78 Å². The first-order chi connectivity index (χ1) is 12.6. The van der Waals surface area contributed by atoms with E-state index in [1.807, 2.05) is 0 Å². The molecule has 142 valence electrons. The molecule has 27 heavy (non-hydrogen) atoms. The lowest BCUT2D eigenvalue weighted by Gasteiger charge is -2.49. The van der Waals surface area contributed by atoms with Gasteiger partial charge in [-0.3, -0.25) is 4.98 Å². The van der Waals surface area contributed by atoms with Crippen molar-refractivity contribution in [3.63, 3.8) is 0 Å². The van der Waals surface area contributed by atoms with Crippen molar-refractivity contribution in [2.45, 2.75) is 37.4 Å². The average molecular weight is 394 g/mol. The number of ether oxygens (including phenoxy) is 2. The van der Waals surface area contributed by atoms with Gasteiger partial charge in [-0.25, -0.2) is 4.99 Å². The van der Waals surface area contributed by atoms with Gasteiger partial charge in [0.25, 0.3) is 6.02 Å². The number of fused-ring (bicyclic) bond motifs is 2. The third-order valence-corrected chi connectivity index (χ3v) is 5.02. The fourth-order valence-electron chi connectivity index (χ4n) is 3.72. The van der Waals surface area contributed by atoms with Crippen molar-refractivity contribution in [3.05, 3.63) is 47.2 Å². The molecule has 0 bridgehead atoms. The molecule has 0 aliphatic carbocycles. The van der Waals surface area contributed by atoms with Gasteiger partial charge in [0.2, 0.25) is 5.60 Å². The number of nitrogens with zero attached hydrogens (tertiary/aromatic N) is 2. The fourth-order valence-corrected chi connectivity index (χ4v) is 3.89. The van der Waals surface area contributed by atoms with Gasteiger partial charge in [0, 0.05) is 29.9 Å². The number of alkyl halides is 2. The molecular formula is C19H18ClF2N3O2. The quantitative estimate of drug-likeness (QED) is 0.790. The van der Waals surface area contributed by atoms with Crippen LogP contribution in [0.2, 0.25) is 5.02 Å². The molecule has 0 radical (unpaired) electrons. The molecule has 0 saturated heterocycles. The number of hydrogen-bond acceptors (Lipinski definition) is 5. The van der Waals surface area contributed by atoms with E-state index in [4.69, 9.17) is 26.8 Å². The molecule has 0 amide bonds. The van der Waals surface area contributed by atoms with Crippen LogP contribution in [0.1, 0.15) is 25.8 Å². The van der Waals surface area contributed by atoms with Crippen molar-refractivity contribution in [1.82, 2.24) is 4.98 Å². The summed E-state index contributed by atoms with van der Waals surface area (Å²) in [7, 11) is 0. The zero-order chi connectivity index (χ0) is 19.4. The molecular weight excluding hydrogens is 376 g/mol. The van der Waals surface area contributed by atoms with Crippen LogP contribution in [-0.2, 0) is 10.3 Å². The summed E-state index contributed by atoms with van der Waals surface area (Å²) < 4.78 is 41.8. The number of halogens is 3. The second-order valence-electron chi connectivity index (χ2n) is 7.43. The van der Waals surface area contributed by atoms with Crippen LogP contribution in [-0.4, -0.2) is 29.1 Å². The SMILES string of the molecule is CC1(C)C[C@@]2(OC(N)=NCC2(F)F)c2cc(-c3cncc(Cl)c3)ccc2O1. The Balaban J connectivity index is 1.93. The van der Waals surface area contributed by atoms with Crippen molar-refractivity contribution in [2.75, 3.05) is 6.54 Å². The van der Waals surface area contributed by atoms with Gasteiger partial charge in [-0.05, 0) is 37.6 Å². The number of rotatable bonds is 1. The molecule has 0 saturated carbocycles. The molecule has 2 N–H and O–H groups in total. The summed E-state index contributed by atoms with van der Waals surface area (Å²) in [6.07, 6.45) is 3.04. The minimum Gasteiger partial charge on any atom is -0.487 e. The van der Waals surface area contributed by atoms with Crippen LogP contribution in [0, 0.1) is 0 Å². The first kappa shape index (κ1) is 18.0. The van der Waals surface area contributed by atoms with E-state index < -0.39 is 23.7 Å². The molecule has 1 aromatic heterocycles. The summed E-state index contributed by atoms with van der Waals surface area (Å²) >= 11 is 6.02. The van der Waals surface area contributed by atoms with Gasteiger partial charge < -0.3 is 15.2 Å². The van der Waals surface area contributed by atoms with Gasteiger partial charge in [-0.15, -0.1) is 0 Å². The third kappa shape index (κ3) is 2.90. The number of aliphatic imine (C=N–C) groups is 1. The van der Waals surface area contributed by atoms with Crippen LogP contribution in [0.5, 0.6) is 5.75 Å². The zero-order valence-corrected chi connectivity index (χ0v) is 15.6. The van der Waals surface area contributed by atoms with E-state index in [-0.39, 0.29) is 18.0 Å². The fraction of sp³-hybridized carbons (Fsp3) is 0.368. The van der Waals surface area contributed by atoms with E-state index in [1.54, 1.807) is 44.3 Å². The maximum absolute atomic E-state index is 15.2. The van der Waals surface area contributed by atoms with Crippen LogP contribution in [0.3, 0.4) is 0 Å². The molecule has 4 rings (SSSR count). The molecule has 0 fully saturated rings. The first-order valence-electron chi connectivity index (χ1n) is 8.43. The monoisotopic (exact) mass is 393 g/mol. The van der Waals surface area contributed by atoms with Gasteiger partial charge in [0.15, 0.2) is 0 Å². The van der Waals surface area contributed by atoms with Crippen LogP contribution in [0.4, 0.5) is 8.78 Å². The Hall–Kier alpha value is -2.41. The Labute approximate surface area is 160 Å². The number of pyridine rings is 1. The van der Waals surface area contributed by atoms with Gasteiger partial charge in [0.05, 0.1) is 5.02 Å². The number of hydrogen-bond donors (Lipinski definition) is 1. The smallest absolute Gasteiger partial charge is 0.310 e. The first-order valence-corrected chi connectivity index (χ1v) is 8.81. The van der Waals surface area contributed by atoms with Crippen LogP contribution < -0.4 is 10.5 Å². The van der Waals surface area contributed by atoms with Crippen molar-refractivity contribution < 1.29 is 18.3 Å². The largest absolute Gasteiger partial charge is 0.487 e. The van der Waals surface area contributed by atoms with Crippen molar-refractivity contribution in [2.24, 2.45) is 10.7 Å². The van der Waals surface area contributed by atoms with E-state index in [9.17, 15) is 0 Å². The summed E-state index contributed by atoms with van der Waals surface area (Å²) in [5.41, 5.74) is 4.49. The predicted molar refractivity (Wildman–Crippen MR) is 98.2 cm³/mol. The van der Waals surface area contributed by atoms with Crippen molar-refractivity contribution in [1.29, 1.82) is 0 Å². The average Bonchev–Trinajstić information content (AvgIpc) is 2.58. The molecule has 1 atom stereocenters. The summed E-state index contributed by atoms with van der Waals surface area (Å²) in [5, 5.41) is 0.452. The maximum atomic E-state index is 15.2. The topological polar surface area (TPSA) is 69.7 Å². The molecule has 2 aromatic rings. The van der Waals surface area contributed by atoms with Crippen molar-refractivity contribution >= 4 is 17.6 Å². The van der Waals surface area contributed by atoms with E-state index in [1.165, 1.54) is 6.20 Å². The molecule has 2 aliphatic heterocycles. The van der Waals surface area contributed by atoms with Crippen LogP contribution >= 0.6 is 11.6 Å². The number of amidine groups is 1. The molecule has 0 unspecified atom stereocenters. The van der Waals surface area contributed by atoms with E-state index in [2.05, 4.69) is 9.98 Å². The zero-order valence-electron chi connectivity index (χ0n) is 14.8. The highest BCUT2D eigenvalue weighted by atomic mass is 35.5. The van der Waals surface area contributed by atoms with E-state index >= 15 is 8.78 Å². The normalized spacial score (nSPS) is 25.1. The molecule has 5 nitrogen and oxygen atoms in total. The van der Waals surface area contributed by atoms with E-state index in [0.29, 0.717) is 21.9 Å². The Kier molecular flexibility index (Phi) is 3.86. The van der Waals surface area contributed by atoms with Gasteiger partial charge >= 0.3 is 5.92 Å². The summed E-state index contributed by atoms with van der Waals surface area (Å²) in [4.78, 5) is 7.66. The minimum absolute atomic E-state index is 0.0759. The molecule has 2 aliphatic rings. The molecule has 3 heterocycles. The number of benzene rings is 1. The molecule has 1 aromatic carbocycles. The van der Waals surface area contributed by atoms with Crippen molar-refractivity contribution in [3.8, 4) is 16.9 Å². The highest BCUT2D eigenvalue weighted by molar-refractivity contribution is 6.30. The van der Waals surface area contributed by atoms with Gasteiger partial charge in [-0.1, -0.05) is 17.7 Å². The highest BCUT2D eigenvalue weighted by Gasteiger charge is 2.64.